The van der Waals surface area contributed by atoms with E-state index in [1.165, 1.54) is 0 Å². The number of hydrogen-bond acceptors (Lipinski definition) is 4. The Morgan fingerprint density at radius 3 is 2.27 bits per heavy atom. The fourth-order valence-electron chi connectivity index (χ4n) is 6.67. The molecule has 0 radical (unpaired) electrons. The molecule has 4 heteroatoms. The first-order valence-corrected chi connectivity index (χ1v) is 8.86. The summed E-state index contributed by atoms with van der Waals surface area (Å²) in [6, 6.07) is 0. The number of aliphatic hydroxyl groups excluding tert-OH is 4. The van der Waals surface area contributed by atoms with Gasteiger partial charge in [-0.1, -0.05) is 20.8 Å². The summed E-state index contributed by atoms with van der Waals surface area (Å²) in [6.45, 7) is 6.37. The molecule has 22 heavy (non-hydrogen) atoms. The van der Waals surface area contributed by atoms with E-state index in [0.717, 1.165) is 12.8 Å². The van der Waals surface area contributed by atoms with Crippen molar-refractivity contribution in [2.75, 3.05) is 6.61 Å². The summed E-state index contributed by atoms with van der Waals surface area (Å²) in [5.74, 6) is 0.914. The molecule has 0 aromatic carbocycles. The van der Waals surface area contributed by atoms with Crippen LogP contribution in [0.5, 0.6) is 0 Å². The van der Waals surface area contributed by atoms with Gasteiger partial charge < -0.3 is 20.4 Å². The molecule has 3 rings (SSSR count). The Hall–Kier alpha value is -0.160. The normalized spacial score (nSPS) is 58.8. The zero-order chi connectivity index (χ0) is 16.3. The van der Waals surface area contributed by atoms with Crippen LogP contribution in [-0.4, -0.2) is 45.3 Å². The van der Waals surface area contributed by atoms with Crippen LogP contribution in [0.4, 0.5) is 0 Å². The quantitative estimate of drug-likeness (QED) is 0.592. The Morgan fingerprint density at radius 1 is 0.955 bits per heavy atom. The minimum Gasteiger partial charge on any atom is -0.396 e. The van der Waals surface area contributed by atoms with E-state index in [0.29, 0.717) is 31.1 Å². The molecule has 0 aliphatic heterocycles. The maximum Gasteiger partial charge on any atom is 0.0583 e. The predicted octanol–water partition coefficient (Wildman–Crippen LogP) is 1.55. The van der Waals surface area contributed by atoms with Gasteiger partial charge in [-0.3, -0.25) is 0 Å². The molecule has 4 unspecified atom stereocenters. The number of hydrogen-bond donors (Lipinski definition) is 4. The zero-order valence-corrected chi connectivity index (χ0v) is 14.1. The van der Waals surface area contributed by atoms with Crippen molar-refractivity contribution in [2.45, 2.75) is 71.2 Å². The molecular weight excluding hydrogens is 280 g/mol. The molecule has 0 saturated heterocycles. The Labute approximate surface area is 133 Å². The van der Waals surface area contributed by atoms with Gasteiger partial charge in [-0.15, -0.1) is 0 Å². The zero-order valence-electron chi connectivity index (χ0n) is 14.1. The van der Waals surface area contributed by atoms with E-state index in [1.807, 2.05) is 6.92 Å². The lowest BCUT2D eigenvalue weighted by atomic mass is 9.42. The first-order valence-electron chi connectivity index (χ1n) is 8.86. The third-order valence-corrected chi connectivity index (χ3v) is 7.26. The van der Waals surface area contributed by atoms with E-state index in [1.54, 1.807) is 0 Å². The highest BCUT2D eigenvalue weighted by atomic mass is 16.3. The molecule has 9 atom stereocenters. The van der Waals surface area contributed by atoms with Gasteiger partial charge in [0, 0.05) is 6.61 Å². The fourth-order valence-corrected chi connectivity index (χ4v) is 6.67. The smallest absolute Gasteiger partial charge is 0.0583 e. The minimum atomic E-state index is -0.501. The largest absolute Gasteiger partial charge is 0.396 e. The third kappa shape index (κ3) is 2.34. The van der Waals surface area contributed by atoms with Crippen LogP contribution in [0.1, 0.15) is 52.9 Å². The molecule has 3 aliphatic rings. The molecule has 0 bridgehead atoms. The van der Waals surface area contributed by atoms with Gasteiger partial charge in [-0.2, -0.15) is 0 Å². The average Bonchev–Trinajstić information content (AvgIpc) is 2.39. The molecule has 0 amide bonds. The lowest BCUT2D eigenvalue weighted by Crippen LogP contribution is -2.63. The molecule has 0 aromatic heterocycles. The van der Waals surface area contributed by atoms with E-state index in [2.05, 4.69) is 13.8 Å². The highest BCUT2D eigenvalue weighted by Crippen LogP contribution is 2.64. The van der Waals surface area contributed by atoms with Crippen molar-refractivity contribution in [3.63, 3.8) is 0 Å². The van der Waals surface area contributed by atoms with Crippen molar-refractivity contribution in [1.82, 2.24) is 0 Å². The van der Waals surface area contributed by atoms with Crippen LogP contribution in [0, 0.1) is 34.5 Å². The molecule has 3 fully saturated rings. The number of aliphatic hydroxyl groups is 4. The van der Waals surface area contributed by atoms with E-state index in [4.69, 9.17) is 0 Å². The van der Waals surface area contributed by atoms with Gasteiger partial charge >= 0.3 is 0 Å². The summed E-state index contributed by atoms with van der Waals surface area (Å²) in [5.41, 5.74) is -0.657. The van der Waals surface area contributed by atoms with Crippen LogP contribution >= 0.6 is 0 Å². The lowest BCUT2D eigenvalue weighted by molar-refractivity contribution is -0.221. The first-order chi connectivity index (χ1) is 10.2. The standard InChI is InChI=1S/C18H32O4/c1-10-4-13-12(14(21)5-10)6-15(22)16-17(2,9-19)7-11(20)8-18(13,16)3/h10-16,19-22H,4-9H2,1-3H3/t10?,11-,12-,13?,14?,15-,16?,17-,18-/m0/s1. The SMILES string of the molecule is CC1CC(O)[C@H]2C[C@H](O)C3[C@](C)(CO)C[C@H](O)C[C@@]3(C)C2C1. The molecule has 4 nitrogen and oxygen atoms in total. The summed E-state index contributed by atoms with van der Waals surface area (Å²) in [4.78, 5) is 0. The van der Waals surface area contributed by atoms with E-state index < -0.39 is 17.6 Å². The lowest BCUT2D eigenvalue weighted by Gasteiger charge is -2.64. The van der Waals surface area contributed by atoms with Gasteiger partial charge in [0.05, 0.1) is 18.3 Å². The van der Waals surface area contributed by atoms with Crippen LogP contribution in [0.25, 0.3) is 0 Å². The molecule has 0 aromatic rings. The minimum absolute atomic E-state index is 0.00310. The predicted molar refractivity (Wildman–Crippen MR) is 84.0 cm³/mol. The highest BCUT2D eigenvalue weighted by molar-refractivity contribution is 5.11. The average molecular weight is 312 g/mol. The Morgan fingerprint density at radius 2 is 1.64 bits per heavy atom. The summed E-state index contributed by atoms with van der Waals surface area (Å²) in [6.07, 6.45) is 2.44. The number of rotatable bonds is 1. The second-order valence-corrected chi connectivity index (χ2v) is 9.08. The van der Waals surface area contributed by atoms with Crippen molar-refractivity contribution in [2.24, 2.45) is 34.5 Å². The number of fused-ring (bicyclic) bond motifs is 3. The van der Waals surface area contributed by atoms with Crippen molar-refractivity contribution < 1.29 is 20.4 Å². The van der Waals surface area contributed by atoms with Crippen molar-refractivity contribution in [1.29, 1.82) is 0 Å². The van der Waals surface area contributed by atoms with Crippen molar-refractivity contribution in [3.8, 4) is 0 Å². The van der Waals surface area contributed by atoms with Crippen molar-refractivity contribution in [3.05, 3.63) is 0 Å². The highest BCUT2D eigenvalue weighted by Gasteiger charge is 2.62. The second kappa shape index (κ2) is 5.44. The van der Waals surface area contributed by atoms with Gasteiger partial charge in [0.25, 0.3) is 0 Å². The van der Waals surface area contributed by atoms with Gasteiger partial charge in [-0.25, -0.2) is 0 Å². The van der Waals surface area contributed by atoms with E-state index >= 15 is 0 Å². The van der Waals surface area contributed by atoms with Crippen LogP contribution < -0.4 is 0 Å². The summed E-state index contributed by atoms with van der Waals surface area (Å²) in [5, 5.41) is 41.8. The molecule has 128 valence electrons. The van der Waals surface area contributed by atoms with Gasteiger partial charge in [0.2, 0.25) is 0 Å². The van der Waals surface area contributed by atoms with Gasteiger partial charge in [-0.05, 0) is 66.6 Å². The monoisotopic (exact) mass is 312 g/mol. The third-order valence-electron chi connectivity index (χ3n) is 7.26. The molecule has 4 N–H and O–H groups in total. The van der Waals surface area contributed by atoms with Crippen LogP contribution in [0.15, 0.2) is 0 Å². The first kappa shape index (κ1) is 16.7. The van der Waals surface area contributed by atoms with Crippen molar-refractivity contribution >= 4 is 0 Å². The van der Waals surface area contributed by atoms with E-state index in [9.17, 15) is 20.4 Å². The topological polar surface area (TPSA) is 80.9 Å². The second-order valence-electron chi connectivity index (χ2n) is 9.08. The maximum atomic E-state index is 10.8. The van der Waals surface area contributed by atoms with Gasteiger partial charge in [0.1, 0.15) is 0 Å². The fraction of sp³-hybridized carbons (Fsp3) is 1.00. The Kier molecular flexibility index (Phi) is 4.13. The van der Waals surface area contributed by atoms with Crippen LogP contribution in [0.2, 0.25) is 0 Å². The molecule has 3 aliphatic carbocycles. The Balaban J connectivity index is 2.02. The molecule has 3 saturated carbocycles. The Bertz CT molecular complexity index is 427. The van der Waals surface area contributed by atoms with Gasteiger partial charge in [0.15, 0.2) is 0 Å². The molecule has 0 spiro atoms. The summed E-state index contributed by atoms with van der Waals surface area (Å²) < 4.78 is 0. The van der Waals surface area contributed by atoms with Crippen LogP contribution in [-0.2, 0) is 0 Å². The summed E-state index contributed by atoms with van der Waals surface area (Å²) >= 11 is 0. The maximum absolute atomic E-state index is 10.8. The molecule has 0 heterocycles. The van der Waals surface area contributed by atoms with E-state index in [-0.39, 0.29) is 30.0 Å². The summed E-state index contributed by atoms with van der Waals surface area (Å²) in [7, 11) is 0. The molecular formula is C18H32O4. The van der Waals surface area contributed by atoms with Crippen LogP contribution in [0.3, 0.4) is 0 Å².